The fourth-order valence-electron chi connectivity index (χ4n) is 2.55. The summed E-state index contributed by atoms with van der Waals surface area (Å²) in [5.41, 5.74) is 1.48. The minimum Gasteiger partial charge on any atom is -0.408 e. The molecule has 0 atom stereocenters. The van der Waals surface area contributed by atoms with Gasteiger partial charge in [0, 0.05) is 30.6 Å². The molecule has 0 aliphatic rings. The van der Waals surface area contributed by atoms with E-state index in [2.05, 4.69) is 5.32 Å². The quantitative estimate of drug-likeness (QED) is 0.707. The van der Waals surface area contributed by atoms with Gasteiger partial charge in [-0.15, -0.1) is 0 Å². The van der Waals surface area contributed by atoms with Gasteiger partial charge in [-0.05, 0) is 23.8 Å². The number of anilines is 1. The molecule has 0 unspecified atom stereocenters. The number of aryl methyl sites for hydroxylation is 1. The highest BCUT2D eigenvalue weighted by molar-refractivity contribution is 5.92. The fraction of sp³-hybridized carbons (Fsp3) is 0.105. The van der Waals surface area contributed by atoms with Gasteiger partial charge in [0.05, 0.1) is 5.69 Å². The molecule has 0 saturated carbocycles. The largest absolute Gasteiger partial charge is 0.417 e. The van der Waals surface area contributed by atoms with E-state index in [0.717, 1.165) is 12.1 Å². The van der Waals surface area contributed by atoms with Crippen LogP contribution in [0, 0.1) is 11.6 Å². The van der Waals surface area contributed by atoms with Crippen molar-refractivity contribution in [1.29, 1.82) is 0 Å². The van der Waals surface area contributed by atoms with Gasteiger partial charge in [0.2, 0.25) is 0 Å². The molecule has 1 N–H and O–H groups in total. The molecular formula is C19H15F3N2O2. The molecule has 3 aromatic rings. The molecule has 0 fully saturated rings. The van der Waals surface area contributed by atoms with Crippen LogP contribution in [0.3, 0.4) is 0 Å². The molecule has 0 radical (unpaired) electrons. The Morgan fingerprint density at radius 2 is 1.88 bits per heavy atom. The Bertz CT molecular complexity index is 954. The summed E-state index contributed by atoms with van der Waals surface area (Å²) in [4.78, 5) is 12.2. The lowest BCUT2D eigenvalue weighted by Crippen LogP contribution is -2.17. The third-order valence-electron chi connectivity index (χ3n) is 3.74. The molecule has 0 bridgehead atoms. The summed E-state index contributed by atoms with van der Waals surface area (Å²) in [6, 6.07) is 10.1. The van der Waals surface area contributed by atoms with Gasteiger partial charge in [-0.3, -0.25) is 5.32 Å². The summed E-state index contributed by atoms with van der Waals surface area (Å²) in [5.74, 6) is -1.84. The average Bonchev–Trinajstić information content (AvgIpc) is 2.97. The van der Waals surface area contributed by atoms with E-state index in [-0.39, 0.29) is 11.3 Å². The number of amides is 1. The van der Waals surface area contributed by atoms with E-state index in [1.807, 2.05) is 0 Å². The lowest BCUT2D eigenvalue weighted by molar-refractivity contribution is 0.214. The Morgan fingerprint density at radius 3 is 2.62 bits per heavy atom. The zero-order valence-corrected chi connectivity index (χ0v) is 13.8. The number of hydrogen-bond donors (Lipinski definition) is 1. The number of ether oxygens (including phenoxy) is 1. The number of alkyl halides is 1. The second-order valence-corrected chi connectivity index (χ2v) is 5.64. The zero-order valence-electron chi connectivity index (χ0n) is 13.8. The summed E-state index contributed by atoms with van der Waals surface area (Å²) >= 11 is 0. The number of carbonyl (C=O) groups is 1. The minimum absolute atomic E-state index is 0.109. The summed E-state index contributed by atoms with van der Waals surface area (Å²) in [7, 11) is 1.68. The van der Waals surface area contributed by atoms with Crippen molar-refractivity contribution in [2.45, 2.75) is 6.67 Å². The number of para-hydroxylation sites is 1. The molecule has 1 aromatic heterocycles. The highest BCUT2D eigenvalue weighted by Crippen LogP contribution is 2.29. The zero-order chi connectivity index (χ0) is 18.7. The number of hydrogen-bond acceptors (Lipinski definition) is 2. The molecule has 0 aliphatic carbocycles. The van der Waals surface area contributed by atoms with E-state index in [0.29, 0.717) is 16.8 Å². The summed E-state index contributed by atoms with van der Waals surface area (Å²) < 4.78 is 46.3. The predicted octanol–water partition coefficient (Wildman–Crippen LogP) is 5.05. The normalized spacial score (nSPS) is 10.6. The van der Waals surface area contributed by atoms with Crippen molar-refractivity contribution in [3.8, 4) is 16.9 Å². The van der Waals surface area contributed by atoms with Crippen LogP contribution in [0.15, 0.2) is 54.9 Å². The molecule has 4 nitrogen and oxygen atoms in total. The molecule has 1 heterocycles. The highest BCUT2D eigenvalue weighted by atomic mass is 19.2. The Morgan fingerprint density at radius 1 is 1.12 bits per heavy atom. The number of aromatic nitrogens is 1. The van der Waals surface area contributed by atoms with Crippen LogP contribution in [-0.4, -0.2) is 10.7 Å². The first-order valence-corrected chi connectivity index (χ1v) is 7.72. The average molecular weight is 360 g/mol. The van der Waals surface area contributed by atoms with Gasteiger partial charge in [-0.1, -0.05) is 24.3 Å². The molecule has 0 aliphatic heterocycles. The van der Waals surface area contributed by atoms with Crippen molar-refractivity contribution in [2.75, 3.05) is 5.32 Å². The van der Waals surface area contributed by atoms with Crippen LogP contribution < -0.4 is 10.1 Å². The van der Waals surface area contributed by atoms with E-state index in [1.165, 1.54) is 18.5 Å². The maximum absolute atomic E-state index is 13.5. The van der Waals surface area contributed by atoms with Gasteiger partial charge in [0.25, 0.3) is 0 Å². The van der Waals surface area contributed by atoms with Crippen LogP contribution in [0.1, 0.15) is 5.56 Å². The molecule has 7 heteroatoms. The van der Waals surface area contributed by atoms with Gasteiger partial charge >= 0.3 is 6.09 Å². The van der Waals surface area contributed by atoms with Crippen LogP contribution in [0.2, 0.25) is 0 Å². The molecule has 2 aromatic carbocycles. The van der Waals surface area contributed by atoms with Gasteiger partial charge in [0.15, 0.2) is 17.4 Å². The molecular weight excluding hydrogens is 345 g/mol. The lowest BCUT2D eigenvalue weighted by Gasteiger charge is -2.11. The molecule has 0 spiro atoms. The third kappa shape index (κ3) is 3.72. The van der Waals surface area contributed by atoms with Gasteiger partial charge < -0.3 is 9.30 Å². The maximum Gasteiger partial charge on any atom is 0.417 e. The van der Waals surface area contributed by atoms with Crippen molar-refractivity contribution in [2.24, 2.45) is 7.05 Å². The number of nitrogens with zero attached hydrogens (tertiary/aromatic N) is 1. The van der Waals surface area contributed by atoms with E-state index >= 15 is 0 Å². The van der Waals surface area contributed by atoms with Crippen molar-refractivity contribution >= 4 is 11.8 Å². The monoisotopic (exact) mass is 360 g/mol. The molecule has 3 rings (SSSR count). The van der Waals surface area contributed by atoms with Crippen LogP contribution >= 0.6 is 0 Å². The Hall–Kier alpha value is -3.22. The smallest absolute Gasteiger partial charge is 0.408 e. The molecule has 1 amide bonds. The number of carbonyl (C=O) groups excluding carboxylic acids is 1. The van der Waals surface area contributed by atoms with E-state index in [1.54, 1.807) is 35.9 Å². The minimum atomic E-state index is -0.989. The fourth-order valence-corrected chi connectivity index (χ4v) is 2.55. The van der Waals surface area contributed by atoms with Crippen molar-refractivity contribution in [3.63, 3.8) is 0 Å². The van der Waals surface area contributed by atoms with Crippen molar-refractivity contribution in [3.05, 3.63) is 72.1 Å². The number of nitrogens with one attached hydrogen (secondary N) is 1. The van der Waals surface area contributed by atoms with Crippen LogP contribution in [-0.2, 0) is 13.7 Å². The van der Waals surface area contributed by atoms with Crippen LogP contribution in [0.4, 0.5) is 23.7 Å². The van der Waals surface area contributed by atoms with Crippen LogP contribution in [0.25, 0.3) is 11.1 Å². The first kappa shape index (κ1) is 17.6. The van der Waals surface area contributed by atoms with E-state index in [9.17, 15) is 18.0 Å². The maximum atomic E-state index is 13.5. The highest BCUT2D eigenvalue weighted by Gasteiger charge is 2.14. The van der Waals surface area contributed by atoms with Gasteiger partial charge in [-0.25, -0.2) is 18.0 Å². The lowest BCUT2D eigenvalue weighted by atomic mass is 10.0. The number of halogens is 3. The van der Waals surface area contributed by atoms with Gasteiger partial charge in [0.1, 0.15) is 6.67 Å². The van der Waals surface area contributed by atoms with Crippen molar-refractivity contribution in [1.82, 2.24) is 4.57 Å². The second kappa shape index (κ2) is 7.35. The van der Waals surface area contributed by atoms with Crippen molar-refractivity contribution < 1.29 is 22.7 Å². The summed E-state index contributed by atoms with van der Waals surface area (Å²) in [5, 5.41) is 2.54. The summed E-state index contributed by atoms with van der Waals surface area (Å²) in [6.07, 6.45) is 2.18. The molecule has 134 valence electrons. The Balaban J connectivity index is 1.84. The predicted molar refractivity (Wildman–Crippen MR) is 91.7 cm³/mol. The van der Waals surface area contributed by atoms with E-state index in [4.69, 9.17) is 4.74 Å². The SMILES string of the molecule is Cn1cc(CF)c(OC(=O)Nc2ccccc2-c2ccc(F)c(F)c2)c1. The summed E-state index contributed by atoms with van der Waals surface area (Å²) in [6.45, 7) is -0.769. The first-order chi connectivity index (χ1) is 12.5. The number of rotatable bonds is 4. The second-order valence-electron chi connectivity index (χ2n) is 5.64. The molecule has 26 heavy (non-hydrogen) atoms. The van der Waals surface area contributed by atoms with Gasteiger partial charge in [-0.2, -0.15) is 0 Å². The Kier molecular flexibility index (Phi) is 4.97. The Labute approximate surface area is 147 Å². The number of benzene rings is 2. The first-order valence-electron chi connectivity index (χ1n) is 7.72. The van der Waals surface area contributed by atoms with Crippen LogP contribution in [0.5, 0.6) is 5.75 Å². The third-order valence-corrected chi connectivity index (χ3v) is 3.74. The molecule has 0 saturated heterocycles. The standard InChI is InChI=1S/C19H15F3N2O2/c1-24-10-13(9-20)18(11-24)26-19(25)23-17-5-3-2-4-14(17)12-6-7-15(21)16(22)8-12/h2-8,10-11H,9H2,1H3,(H,23,25). The topological polar surface area (TPSA) is 43.3 Å². The van der Waals surface area contributed by atoms with E-state index < -0.39 is 24.4 Å².